The van der Waals surface area contributed by atoms with E-state index in [-0.39, 0.29) is 24.3 Å². The summed E-state index contributed by atoms with van der Waals surface area (Å²) in [6.45, 7) is 34.4. The van der Waals surface area contributed by atoms with Gasteiger partial charge in [-0.2, -0.15) is 0 Å². The van der Waals surface area contributed by atoms with Gasteiger partial charge in [-0.3, -0.25) is 14.4 Å². The molecule has 0 aromatic heterocycles. The standard InChI is InChI=1S/C19H34O3Si2.C11H13NO2.C11H12O2.C9H10O2.C4H14OSi2.C3H7N/c1-6-7-15-23(2,3)22-24(4,5)16-11-14-19(20)21-17-18-12-9-8-10-13-18;1-2-8-12-11(13)14-9-10-6-4-3-5-7-10;1-2-6-11(12)13-9-10-7-4-3-5-8-10;1-8(10)11-7-9-5-3-2-4-6-9;1-6(2)5-7(3)4;1-2-3-4/h8-10,12-13H,6-7,11,14-17H2,1-5H3;2-7H,1,8-9H2,(H,12,13);2-5,7-8H,1,6,9H2;2-6H,7H2,1H3;6-7H,1-4H3;2H,1,3-4H2. The van der Waals surface area contributed by atoms with Crippen molar-refractivity contribution in [3.8, 4) is 0 Å². The molecular formula is C57H90N2O10Si4. The second kappa shape index (κ2) is 45.2. The Morgan fingerprint density at radius 1 is 0.562 bits per heavy atom. The van der Waals surface area contributed by atoms with E-state index in [1.807, 2.05) is 121 Å². The Balaban J connectivity index is 0. The number of hydrogen-bond acceptors (Lipinski definition) is 11. The van der Waals surface area contributed by atoms with E-state index >= 15 is 0 Å². The van der Waals surface area contributed by atoms with E-state index in [4.69, 9.17) is 32.9 Å². The van der Waals surface area contributed by atoms with Gasteiger partial charge in [0.2, 0.25) is 0 Å². The third kappa shape index (κ3) is 47.3. The molecule has 16 heteroatoms. The van der Waals surface area contributed by atoms with Gasteiger partial charge in [0.05, 0.1) is 6.42 Å². The molecule has 0 aliphatic rings. The molecule has 0 fully saturated rings. The Morgan fingerprint density at radius 3 is 1.26 bits per heavy atom. The molecule has 404 valence electrons. The van der Waals surface area contributed by atoms with Crippen LogP contribution in [-0.4, -0.2) is 71.8 Å². The highest BCUT2D eigenvalue weighted by atomic mass is 28.4. The summed E-state index contributed by atoms with van der Waals surface area (Å²) in [4.78, 5) is 44.2. The molecule has 0 aliphatic carbocycles. The molecule has 0 spiro atoms. The third-order valence-electron chi connectivity index (χ3n) is 9.24. The van der Waals surface area contributed by atoms with Gasteiger partial charge in [-0.15, -0.1) is 19.7 Å². The van der Waals surface area contributed by atoms with Crippen molar-refractivity contribution < 1.29 is 46.4 Å². The predicted molar refractivity (Wildman–Crippen MR) is 312 cm³/mol. The highest BCUT2D eigenvalue weighted by Crippen LogP contribution is 2.25. The largest absolute Gasteiger partial charge is 0.461 e. The van der Waals surface area contributed by atoms with Crippen molar-refractivity contribution in [1.82, 2.24) is 5.32 Å². The van der Waals surface area contributed by atoms with Gasteiger partial charge in [0.1, 0.15) is 26.4 Å². The average Bonchev–Trinajstić information content (AvgIpc) is 3.36. The Kier molecular flexibility index (Phi) is 43.1. The summed E-state index contributed by atoms with van der Waals surface area (Å²) in [5, 5.41) is 2.52. The summed E-state index contributed by atoms with van der Waals surface area (Å²) >= 11 is 0. The first-order valence-electron chi connectivity index (χ1n) is 25.1. The molecule has 0 heterocycles. The molecule has 12 nitrogen and oxygen atoms in total. The topological polar surface area (TPSA) is 162 Å². The van der Waals surface area contributed by atoms with Crippen LogP contribution in [0.25, 0.3) is 0 Å². The van der Waals surface area contributed by atoms with Crippen LogP contribution in [0.1, 0.15) is 68.2 Å². The number of alkyl carbamates (subject to hydrolysis) is 1. The maximum atomic E-state index is 11.9. The molecule has 4 rings (SSSR count). The zero-order chi connectivity index (χ0) is 55.2. The van der Waals surface area contributed by atoms with E-state index in [2.05, 4.69) is 84.4 Å². The fourth-order valence-electron chi connectivity index (χ4n) is 6.07. The summed E-state index contributed by atoms with van der Waals surface area (Å²) in [5.74, 6) is -0.584. The van der Waals surface area contributed by atoms with Gasteiger partial charge >= 0.3 is 24.0 Å². The first-order chi connectivity index (χ1) is 34.7. The predicted octanol–water partition coefficient (Wildman–Crippen LogP) is 13.0. The molecule has 4 aromatic carbocycles. The minimum absolute atomic E-state index is 0.105. The van der Waals surface area contributed by atoms with E-state index in [0.29, 0.717) is 45.9 Å². The van der Waals surface area contributed by atoms with Crippen LogP contribution in [0.15, 0.2) is 159 Å². The number of carbonyl (C=O) groups excluding carboxylic acids is 4. The number of nitrogens with two attached hydrogens (primary N) is 1. The SMILES string of the molecule is C=CCC(=O)OCc1ccccc1.C=CCN.C=CCNC(=O)OCc1ccccc1.CC(=O)OCc1ccccc1.CCCC[Si](C)(C)O[Si](C)(C)CCCC(=O)OCc1ccccc1.C[SiH](C)O[SiH](C)C. The van der Waals surface area contributed by atoms with Crippen molar-refractivity contribution in [3.05, 3.63) is 182 Å². The van der Waals surface area contributed by atoms with Crippen molar-refractivity contribution in [2.75, 3.05) is 13.1 Å². The van der Waals surface area contributed by atoms with Gasteiger partial charge in [0.15, 0.2) is 34.7 Å². The molecule has 73 heavy (non-hydrogen) atoms. The number of unbranched alkanes of at least 4 members (excludes halogenated alkanes) is 1. The first-order valence-corrected chi connectivity index (χ1v) is 36.9. The van der Waals surface area contributed by atoms with Crippen LogP contribution in [0.5, 0.6) is 0 Å². The minimum Gasteiger partial charge on any atom is -0.461 e. The second-order valence-corrected chi connectivity index (χ2v) is 32.3. The lowest BCUT2D eigenvalue weighted by Gasteiger charge is -2.34. The molecule has 0 aliphatic heterocycles. The minimum atomic E-state index is -1.69. The molecular weight excluding hydrogens is 985 g/mol. The van der Waals surface area contributed by atoms with E-state index < -0.39 is 40.8 Å². The summed E-state index contributed by atoms with van der Waals surface area (Å²) in [6, 6.07) is 40.8. The second-order valence-electron chi connectivity index (χ2n) is 18.1. The molecule has 3 N–H and O–H groups in total. The molecule has 0 saturated carbocycles. The van der Waals surface area contributed by atoms with Gasteiger partial charge in [0, 0.05) is 26.4 Å². The van der Waals surface area contributed by atoms with Crippen molar-refractivity contribution in [2.24, 2.45) is 5.73 Å². The summed E-state index contributed by atoms with van der Waals surface area (Å²) < 4.78 is 32.1. The van der Waals surface area contributed by atoms with Crippen LogP contribution in [-0.2, 0) is 68.0 Å². The maximum Gasteiger partial charge on any atom is 0.407 e. The van der Waals surface area contributed by atoms with Gasteiger partial charge < -0.3 is 38.2 Å². The fourth-order valence-corrected chi connectivity index (χ4v) is 19.5. The van der Waals surface area contributed by atoms with Gasteiger partial charge in [-0.25, -0.2) is 4.79 Å². The molecule has 0 unspecified atom stereocenters. The lowest BCUT2D eigenvalue weighted by Crippen LogP contribution is -2.44. The Morgan fingerprint density at radius 2 is 0.932 bits per heavy atom. The number of hydrogen-bond donors (Lipinski definition) is 2. The van der Waals surface area contributed by atoms with Crippen molar-refractivity contribution in [2.45, 2.75) is 137 Å². The highest BCUT2D eigenvalue weighted by Gasteiger charge is 2.32. The van der Waals surface area contributed by atoms with Crippen LogP contribution >= 0.6 is 0 Å². The number of amides is 1. The van der Waals surface area contributed by atoms with Crippen LogP contribution in [0, 0.1) is 0 Å². The monoisotopic (exact) mass is 1070 g/mol. The van der Waals surface area contributed by atoms with Crippen molar-refractivity contribution >= 4 is 58.7 Å². The Bertz CT molecular complexity index is 2020. The van der Waals surface area contributed by atoms with Gasteiger partial charge in [0.25, 0.3) is 0 Å². The number of ether oxygens (including phenoxy) is 4. The lowest BCUT2D eigenvalue weighted by atomic mass is 10.2. The van der Waals surface area contributed by atoms with Gasteiger partial charge in [-0.05, 0) is 93.1 Å². The number of nitrogens with one attached hydrogen (secondary N) is 1. The van der Waals surface area contributed by atoms with Crippen LogP contribution in [0.3, 0.4) is 0 Å². The van der Waals surface area contributed by atoms with Crippen molar-refractivity contribution in [1.29, 1.82) is 0 Å². The van der Waals surface area contributed by atoms with Crippen molar-refractivity contribution in [3.63, 3.8) is 0 Å². The van der Waals surface area contributed by atoms with E-state index in [1.54, 1.807) is 12.2 Å². The number of benzene rings is 4. The highest BCUT2D eigenvalue weighted by molar-refractivity contribution is 6.84. The fraction of sp³-hybridized carbons (Fsp3) is 0.404. The van der Waals surface area contributed by atoms with E-state index in [9.17, 15) is 19.2 Å². The Labute approximate surface area is 445 Å². The zero-order valence-electron chi connectivity index (χ0n) is 45.9. The molecule has 0 radical (unpaired) electrons. The molecule has 0 saturated heterocycles. The number of carbonyl (C=O) groups is 4. The molecule has 0 atom stereocenters. The first kappa shape index (κ1) is 69.6. The number of esters is 3. The average molecular weight is 1080 g/mol. The lowest BCUT2D eigenvalue weighted by molar-refractivity contribution is -0.145. The molecule has 0 bridgehead atoms. The smallest absolute Gasteiger partial charge is 0.407 e. The van der Waals surface area contributed by atoms with Crippen LogP contribution in [0.4, 0.5) is 4.79 Å². The molecule has 4 aromatic rings. The van der Waals surface area contributed by atoms with E-state index in [0.717, 1.165) is 34.7 Å². The van der Waals surface area contributed by atoms with Crippen LogP contribution in [0.2, 0.25) is 64.5 Å². The maximum absolute atomic E-state index is 11.9. The summed E-state index contributed by atoms with van der Waals surface area (Å²) in [5.41, 5.74) is 8.93. The molecule has 1 amide bonds. The Hall–Kier alpha value is -5.47. The summed E-state index contributed by atoms with van der Waals surface area (Å²) in [6.07, 6.45) is 8.48. The summed E-state index contributed by atoms with van der Waals surface area (Å²) in [7, 11) is -4.57. The quantitative estimate of drug-likeness (QED) is 0.0297. The van der Waals surface area contributed by atoms with E-state index in [1.165, 1.54) is 31.9 Å². The third-order valence-corrected chi connectivity index (χ3v) is 21.1. The number of rotatable bonds is 24. The zero-order valence-corrected chi connectivity index (χ0v) is 50.2. The normalized spacial score (nSPS) is 10.2. The van der Waals surface area contributed by atoms with Crippen LogP contribution < -0.4 is 11.1 Å². The van der Waals surface area contributed by atoms with Gasteiger partial charge in [-0.1, -0.05) is 159 Å².